The van der Waals surface area contributed by atoms with Crippen molar-refractivity contribution in [2.24, 2.45) is 5.73 Å². The summed E-state index contributed by atoms with van der Waals surface area (Å²) in [7, 11) is 0. The van der Waals surface area contributed by atoms with Crippen LogP contribution in [-0.2, 0) is 6.54 Å². The van der Waals surface area contributed by atoms with Crippen LogP contribution in [-0.4, -0.2) is 24.3 Å². The van der Waals surface area contributed by atoms with Crippen LogP contribution in [0.3, 0.4) is 0 Å². The highest BCUT2D eigenvalue weighted by molar-refractivity contribution is 5.54. The van der Waals surface area contributed by atoms with Gasteiger partial charge in [0.1, 0.15) is 5.82 Å². The number of aliphatic hydroxyl groups excluding tert-OH is 1. The van der Waals surface area contributed by atoms with Crippen molar-refractivity contribution >= 4 is 5.69 Å². The lowest BCUT2D eigenvalue weighted by Gasteiger charge is -2.32. The predicted octanol–water partition coefficient (Wildman–Crippen LogP) is 2.03. The Morgan fingerprint density at radius 3 is 2.89 bits per heavy atom. The molecule has 100 valence electrons. The van der Waals surface area contributed by atoms with Crippen molar-refractivity contribution in [1.82, 2.24) is 0 Å². The molecule has 0 radical (unpaired) electrons. The fourth-order valence-electron chi connectivity index (χ4n) is 2.68. The van der Waals surface area contributed by atoms with Crippen LogP contribution in [0.5, 0.6) is 0 Å². The van der Waals surface area contributed by atoms with E-state index in [2.05, 4.69) is 4.90 Å². The van der Waals surface area contributed by atoms with Crippen LogP contribution in [0.4, 0.5) is 10.1 Å². The van der Waals surface area contributed by atoms with E-state index in [9.17, 15) is 9.50 Å². The van der Waals surface area contributed by atoms with Gasteiger partial charge in [-0.05, 0) is 36.6 Å². The van der Waals surface area contributed by atoms with Gasteiger partial charge in [0, 0.05) is 18.8 Å². The summed E-state index contributed by atoms with van der Waals surface area (Å²) in [6.45, 7) is 1.37. The van der Waals surface area contributed by atoms with E-state index in [1.807, 2.05) is 0 Å². The smallest absolute Gasteiger partial charge is 0.123 e. The van der Waals surface area contributed by atoms with Crippen molar-refractivity contribution in [3.63, 3.8) is 0 Å². The molecule has 0 spiro atoms. The van der Waals surface area contributed by atoms with Crippen LogP contribution in [0.1, 0.15) is 31.2 Å². The first kappa shape index (κ1) is 13.3. The fraction of sp³-hybridized carbons (Fsp3) is 0.571. The maximum Gasteiger partial charge on any atom is 0.123 e. The van der Waals surface area contributed by atoms with Crippen molar-refractivity contribution in [3.8, 4) is 0 Å². The van der Waals surface area contributed by atoms with Crippen molar-refractivity contribution in [2.45, 2.75) is 38.3 Å². The molecular formula is C14H21FN2O. The molecule has 1 saturated heterocycles. The Morgan fingerprint density at radius 1 is 1.33 bits per heavy atom. The third kappa shape index (κ3) is 2.82. The molecule has 1 atom stereocenters. The first-order valence-corrected chi connectivity index (χ1v) is 6.62. The van der Waals surface area contributed by atoms with E-state index in [-0.39, 0.29) is 18.5 Å². The van der Waals surface area contributed by atoms with Gasteiger partial charge in [0.05, 0.1) is 12.6 Å². The molecule has 1 aliphatic heterocycles. The molecule has 1 aromatic rings. The minimum absolute atomic E-state index is 0.128. The monoisotopic (exact) mass is 252 g/mol. The summed E-state index contributed by atoms with van der Waals surface area (Å²) in [6.07, 6.45) is 4.42. The summed E-state index contributed by atoms with van der Waals surface area (Å²) in [5, 5.41) is 9.52. The van der Waals surface area contributed by atoms with Crippen LogP contribution in [0.2, 0.25) is 0 Å². The molecule has 1 aromatic carbocycles. The maximum absolute atomic E-state index is 13.2. The van der Waals surface area contributed by atoms with Gasteiger partial charge < -0.3 is 15.7 Å². The van der Waals surface area contributed by atoms with Crippen molar-refractivity contribution in [1.29, 1.82) is 0 Å². The number of hydrogen-bond acceptors (Lipinski definition) is 3. The minimum atomic E-state index is -0.255. The molecule has 2 rings (SSSR count). The zero-order valence-corrected chi connectivity index (χ0v) is 10.6. The Balaban J connectivity index is 2.32. The number of rotatable bonds is 3. The summed E-state index contributed by atoms with van der Waals surface area (Å²) in [6, 6.07) is 4.87. The molecule has 0 aliphatic carbocycles. The van der Waals surface area contributed by atoms with Gasteiger partial charge in [-0.25, -0.2) is 4.39 Å². The summed E-state index contributed by atoms with van der Waals surface area (Å²) in [4.78, 5) is 2.19. The molecule has 0 aromatic heterocycles. The lowest BCUT2D eigenvalue weighted by Crippen LogP contribution is -2.38. The first-order valence-electron chi connectivity index (χ1n) is 6.62. The quantitative estimate of drug-likeness (QED) is 0.865. The van der Waals surface area contributed by atoms with E-state index in [4.69, 9.17) is 5.73 Å². The van der Waals surface area contributed by atoms with E-state index < -0.39 is 0 Å². The van der Waals surface area contributed by atoms with Crippen molar-refractivity contribution in [3.05, 3.63) is 29.6 Å². The number of benzene rings is 1. The fourth-order valence-corrected chi connectivity index (χ4v) is 2.68. The van der Waals surface area contributed by atoms with E-state index in [1.54, 1.807) is 6.07 Å². The SMILES string of the molecule is NCc1cc(F)ccc1N1CCCCCC1CO. The average molecular weight is 252 g/mol. The predicted molar refractivity (Wildman–Crippen MR) is 71.0 cm³/mol. The number of hydrogen-bond donors (Lipinski definition) is 2. The van der Waals surface area contributed by atoms with Gasteiger partial charge in [-0.2, -0.15) is 0 Å². The molecule has 1 heterocycles. The van der Waals surface area contributed by atoms with Crippen molar-refractivity contribution in [2.75, 3.05) is 18.1 Å². The Morgan fingerprint density at radius 2 is 2.17 bits per heavy atom. The Bertz CT molecular complexity index is 397. The molecule has 0 saturated carbocycles. The summed E-state index contributed by atoms with van der Waals surface area (Å²) >= 11 is 0. The highest BCUT2D eigenvalue weighted by atomic mass is 19.1. The van der Waals surface area contributed by atoms with E-state index >= 15 is 0 Å². The molecule has 0 bridgehead atoms. The molecule has 18 heavy (non-hydrogen) atoms. The average Bonchev–Trinajstić information content (AvgIpc) is 2.63. The van der Waals surface area contributed by atoms with Gasteiger partial charge in [0.25, 0.3) is 0 Å². The number of anilines is 1. The van der Waals surface area contributed by atoms with Crippen LogP contribution in [0.15, 0.2) is 18.2 Å². The third-order valence-corrected chi connectivity index (χ3v) is 3.66. The maximum atomic E-state index is 13.2. The zero-order valence-electron chi connectivity index (χ0n) is 10.6. The molecule has 1 aliphatic rings. The van der Waals surface area contributed by atoms with Crippen LogP contribution in [0, 0.1) is 5.82 Å². The highest BCUT2D eigenvalue weighted by Crippen LogP contribution is 2.27. The molecule has 0 amide bonds. The Labute approximate surface area is 107 Å². The summed E-state index contributed by atoms with van der Waals surface area (Å²) in [5.41, 5.74) is 7.48. The van der Waals surface area contributed by atoms with Gasteiger partial charge in [0.15, 0.2) is 0 Å². The number of nitrogens with two attached hydrogens (primary N) is 1. The van der Waals surface area contributed by atoms with E-state index in [0.29, 0.717) is 6.54 Å². The standard InChI is InChI=1S/C14H21FN2O/c15-12-5-6-14(11(8-12)9-16)17-7-3-1-2-4-13(17)10-18/h5-6,8,13,18H,1-4,7,9-10,16H2. The normalized spacial score (nSPS) is 20.8. The van der Waals surface area contributed by atoms with Crippen LogP contribution in [0.25, 0.3) is 0 Å². The molecule has 1 fully saturated rings. The molecule has 3 nitrogen and oxygen atoms in total. The van der Waals surface area contributed by atoms with Crippen LogP contribution >= 0.6 is 0 Å². The van der Waals surface area contributed by atoms with Gasteiger partial charge in [-0.15, -0.1) is 0 Å². The second-order valence-corrected chi connectivity index (χ2v) is 4.86. The van der Waals surface area contributed by atoms with Gasteiger partial charge in [-0.1, -0.05) is 12.8 Å². The summed E-state index contributed by atoms with van der Waals surface area (Å²) < 4.78 is 13.2. The Hall–Kier alpha value is -1.13. The van der Waals surface area contributed by atoms with Crippen LogP contribution < -0.4 is 10.6 Å². The largest absolute Gasteiger partial charge is 0.394 e. The van der Waals surface area contributed by atoms with Crippen molar-refractivity contribution < 1.29 is 9.50 Å². The highest BCUT2D eigenvalue weighted by Gasteiger charge is 2.22. The zero-order chi connectivity index (χ0) is 13.0. The lowest BCUT2D eigenvalue weighted by molar-refractivity contribution is 0.255. The third-order valence-electron chi connectivity index (χ3n) is 3.66. The number of aliphatic hydroxyl groups is 1. The Kier molecular flexibility index (Phi) is 4.55. The number of halogens is 1. The number of nitrogens with zero attached hydrogens (tertiary/aromatic N) is 1. The topological polar surface area (TPSA) is 49.5 Å². The van der Waals surface area contributed by atoms with E-state index in [1.165, 1.54) is 18.6 Å². The minimum Gasteiger partial charge on any atom is -0.394 e. The molecule has 4 heteroatoms. The second kappa shape index (κ2) is 6.16. The first-order chi connectivity index (χ1) is 8.76. The van der Waals surface area contributed by atoms with Gasteiger partial charge in [0.2, 0.25) is 0 Å². The van der Waals surface area contributed by atoms with Gasteiger partial charge >= 0.3 is 0 Å². The second-order valence-electron chi connectivity index (χ2n) is 4.86. The lowest BCUT2D eigenvalue weighted by atomic mass is 10.1. The van der Waals surface area contributed by atoms with Gasteiger partial charge in [-0.3, -0.25) is 0 Å². The van der Waals surface area contributed by atoms with E-state index in [0.717, 1.165) is 37.1 Å². The molecular weight excluding hydrogens is 231 g/mol. The molecule has 1 unspecified atom stereocenters. The molecule has 3 N–H and O–H groups in total. The summed E-state index contributed by atoms with van der Waals surface area (Å²) in [5.74, 6) is -0.255.